The van der Waals surface area contributed by atoms with Gasteiger partial charge in [0.15, 0.2) is 0 Å². The molecule has 1 fully saturated rings. The summed E-state index contributed by atoms with van der Waals surface area (Å²) in [6, 6.07) is 13.9. The summed E-state index contributed by atoms with van der Waals surface area (Å²) in [5.41, 5.74) is 11.4. The maximum atomic E-state index is 10.5. The van der Waals surface area contributed by atoms with E-state index in [1.165, 1.54) is 24.0 Å². The van der Waals surface area contributed by atoms with E-state index in [0.29, 0.717) is 23.9 Å². The number of hydrogen-bond acceptors (Lipinski definition) is 7. The van der Waals surface area contributed by atoms with Crippen LogP contribution in [0, 0.1) is 0 Å². The predicted octanol–water partition coefficient (Wildman–Crippen LogP) is 4.21. The van der Waals surface area contributed by atoms with E-state index in [-0.39, 0.29) is 14.0 Å². The van der Waals surface area contributed by atoms with Crippen LogP contribution in [0.4, 0.5) is 5.69 Å². The molecule has 4 rings (SSSR count). The highest BCUT2D eigenvalue weighted by atomic mass is 32.1. The molecule has 36 heavy (non-hydrogen) atoms. The Labute approximate surface area is 222 Å². The summed E-state index contributed by atoms with van der Waals surface area (Å²) in [4.78, 5) is 2.34. The van der Waals surface area contributed by atoms with Crippen molar-refractivity contribution in [1.29, 1.82) is 0 Å². The van der Waals surface area contributed by atoms with Gasteiger partial charge in [-0.25, -0.2) is 0 Å². The molecule has 1 aliphatic carbocycles. The van der Waals surface area contributed by atoms with Gasteiger partial charge in [0.2, 0.25) is 0 Å². The molecular formula is C28H38BN3O3S. The first-order valence-electron chi connectivity index (χ1n) is 12.1. The average Bonchev–Trinajstić information content (AvgIpc) is 3.69. The van der Waals surface area contributed by atoms with Crippen molar-refractivity contribution in [2.45, 2.75) is 57.0 Å². The van der Waals surface area contributed by atoms with Crippen LogP contribution in [0.15, 0.2) is 60.3 Å². The summed E-state index contributed by atoms with van der Waals surface area (Å²) in [5.74, 6) is 1.23. The molecule has 0 bridgehead atoms. The van der Waals surface area contributed by atoms with Gasteiger partial charge in [-0.05, 0) is 84.7 Å². The van der Waals surface area contributed by atoms with E-state index in [9.17, 15) is 10.2 Å². The molecule has 8 heteroatoms. The Morgan fingerprint density at radius 2 is 2.03 bits per heavy atom. The maximum absolute atomic E-state index is 10.5. The number of rotatable bonds is 10. The molecule has 0 amide bonds. The number of aliphatic hydroxyl groups is 2. The van der Waals surface area contributed by atoms with Gasteiger partial charge < -0.3 is 26.0 Å². The van der Waals surface area contributed by atoms with Crippen molar-refractivity contribution in [2.75, 3.05) is 25.0 Å². The molecule has 2 radical (unpaired) electrons. The van der Waals surface area contributed by atoms with Crippen molar-refractivity contribution in [3.8, 4) is 5.75 Å². The van der Waals surface area contributed by atoms with Crippen LogP contribution in [0.2, 0.25) is 0 Å². The SMILES string of the molecule is C.[B]C(S)Oc1ccc(N/C=C(\N)c2ccc(CN3CCC=C([C@](C)(O)CO)C3)c(C3CC3)c2)cc1. The van der Waals surface area contributed by atoms with Gasteiger partial charge in [0.05, 0.1) is 17.6 Å². The minimum atomic E-state index is -1.17. The van der Waals surface area contributed by atoms with Gasteiger partial charge in [0, 0.05) is 31.5 Å². The third kappa shape index (κ3) is 7.32. The second-order valence-electron chi connectivity index (χ2n) is 9.63. The highest BCUT2D eigenvalue weighted by molar-refractivity contribution is 7.82. The quantitative estimate of drug-likeness (QED) is 0.143. The Morgan fingerprint density at radius 3 is 2.67 bits per heavy atom. The third-order valence-electron chi connectivity index (χ3n) is 6.63. The summed E-state index contributed by atoms with van der Waals surface area (Å²) in [6.45, 7) is 3.82. The van der Waals surface area contributed by atoms with E-state index in [4.69, 9.17) is 18.3 Å². The Bertz CT molecular complexity index is 1080. The normalized spacial score (nSPS) is 19.0. The standard InChI is InChI=1S/C27H34BN3O3S.CH4/c1-27(33,17-32)21-3-2-12-31(16-21)15-20-7-6-19(13-24(20)18-4-5-18)25(29)14-30-22-8-10-23(11-9-22)34-26(28)35;/h3,6-11,13-14,18,26,30,32-33,35H,2,4-5,12,15-17,29H2,1H3;1H4/b25-14-;/t26?,27-;/m1./s1. The largest absolute Gasteiger partial charge is 0.491 e. The van der Waals surface area contributed by atoms with Crippen LogP contribution in [0.25, 0.3) is 5.70 Å². The third-order valence-corrected chi connectivity index (χ3v) is 6.73. The van der Waals surface area contributed by atoms with Gasteiger partial charge in [-0.3, -0.25) is 4.90 Å². The fraction of sp³-hybridized carbons (Fsp3) is 0.429. The minimum Gasteiger partial charge on any atom is -0.491 e. The van der Waals surface area contributed by atoms with E-state index in [0.717, 1.165) is 36.3 Å². The average molecular weight is 508 g/mol. The van der Waals surface area contributed by atoms with Crippen molar-refractivity contribution in [3.63, 3.8) is 0 Å². The number of benzene rings is 2. The molecule has 5 N–H and O–H groups in total. The molecule has 0 saturated heterocycles. The number of nitrogens with zero attached hydrogens (tertiary/aromatic N) is 1. The van der Waals surface area contributed by atoms with Crippen LogP contribution in [0.3, 0.4) is 0 Å². The number of nitrogens with two attached hydrogens (primary N) is 1. The number of thiol groups is 1. The molecule has 1 heterocycles. The summed E-state index contributed by atoms with van der Waals surface area (Å²) < 4.78 is 5.34. The first-order valence-corrected chi connectivity index (χ1v) is 12.6. The summed E-state index contributed by atoms with van der Waals surface area (Å²) in [7, 11) is 5.53. The Morgan fingerprint density at radius 1 is 1.31 bits per heavy atom. The number of aliphatic hydroxyl groups excluding tert-OH is 1. The fourth-order valence-corrected chi connectivity index (χ4v) is 4.50. The number of nitrogens with one attached hydrogen (secondary N) is 1. The van der Waals surface area contributed by atoms with E-state index in [1.54, 1.807) is 6.92 Å². The molecule has 2 aromatic carbocycles. The molecular weight excluding hydrogens is 469 g/mol. The number of hydrogen-bond donors (Lipinski definition) is 5. The Balaban J connectivity index is 0.00000361. The number of anilines is 1. The summed E-state index contributed by atoms with van der Waals surface area (Å²) >= 11 is 4.02. The zero-order valence-corrected chi connectivity index (χ0v) is 21.0. The van der Waals surface area contributed by atoms with Gasteiger partial charge in [0.1, 0.15) is 19.2 Å². The molecule has 2 aromatic rings. The molecule has 0 spiro atoms. The molecule has 2 aliphatic rings. The van der Waals surface area contributed by atoms with Crippen LogP contribution in [-0.4, -0.2) is 53.6 Å². The van der Waals surface area contributed by atoms with Crippen LogP contribution >= 0.6 is 12.6 Å². The van der Waals surface area contributed by atoms with E-state index >= 15 is 0 Å². The Hall–Kier alpha value is -2.39. The monoisotopic (exact) mass is 507 g/mol. The lowest BCUT2D eigenvalue weighted by Gasteiger charge is -2.34. The molecule has 1 aliphatic heterocycles. The van der Waals surface area contributed by atoms with Crippen LogP contribution in [0.1, 0.15) is 56.2 Å². The highest BCUT2D eigenvalue weighted by Crippen LogP contribution is 2.43. The van der Waals surface area contributed by atoms with E-state index < -0.39 is 10.9 Å². The van der Waals surface area contributed by atoms with Gasteiger partial charge in [-0.15, -0.1) is 12.6 Å². The van der Waals surface area contributed by atoms with Crippen LogP contribution in [0.5, 0.6) is 5.75 Å². The van der Waals surface area contributed by atoms with Gasteiger partial charge in [-0.2, -0.15) is 0 Å². The van der Waals surface area contributed by atoms with Crippen molar-refractivity contribution < 1.29 is 14.9 Å². The van der Waals surface area contributed by atoms with Crippen molar-refractivity contribution in [3.05, 3.63) is 77.0 Å². The Kier molecular flexibility index (Phi) is 9.58. The zero-order chi connectivity index (χ0) is 25.0. The van der Waals surface area contributed by atoms with Crippen molar-refractivity contribution in [1.82, 2.24) is 4.90 Å². The smallest absolute Gasteiger partial charge is 0.142 e. The second-order valence-corrected chi connectivity index (χ2v) is 10.1. The molecule has 0 aromatic heterocycles. The van der Waals surface area contributed by atoms with Crippen LogP contribution in [-0.2, 0) is 6.54 Å². The maximum Gasteiger partial charge on any atom is 0.142 e. The van der Waals surface area contributed by atoms with E-state index in [2.05, 4.69) is 47.1 Å². The lowest BCUT2D eigenvalue weighted by atomic mass is 9.92. The highest BCUT2D eigenvalue weighted by Gasteiger charge is 2.30. The second kappa shape index (κ2) is 12.2. The lowest BCUT2D eigenvalue weighted by molar-refractivity contribution is 0.0247. The van der Waals surface area contributed by atoms with Crippen molar-refractivity contribution >= 4 is 31.9 Å². The predicted molar refractivity (Wildman–Crippen MR) is 152 cm³/mol. The van der Waals surface area contributed by atoms with Gasteiger partial charge in [0.25, 0.3) is 0 Å². The molecule has 1 saturated carbocycles. The molecule has 1 unspecified atom stereocenters. The lowest BCUT2D eigenvalue weighted by Crippen LogP contribution is -2.40. The fourth-order valence-electron chi connectivity index (χ4n) is 4.38. The zero-order valence-electron chi connectivity index (χ0n) is 20.2. The van der Waals surface area contributed by atoms with Gasteiger partial charge >= 0.3 is 0 Å². The van der Waals surface area contributed by atoms with E-state index in [1.807, 2.05) is 30.5 Å². The van der Waals surface area contributed by atoms with Gasteiger partial charge in [-0.1, -0.05) is 25.6 Å². The first kappa shape index (κ1) is 28.2. The van der Waals surface area contributed by atoms with Crippen molar-refractivity contribution in [2.24, 2.45) is 5.73 Å². The van der Waals surface area contributed by atoms with Crippen LogP contribution < -0.4 is 15.8 Å². The molecule has 2 atom stereocenters. The minimum absolute atomic E-state index is 0. The first-order chi connectivity index (χ1) is 16.7. The summed E-state index contributed by atoms with van der Waals surface area (Å²) in [5, 5.41) is 22.6. The number of ether oxygens (including phenoxy) is 1. The topological polar surface area (TPSA) is 91.0 Å². The molecule has 192 valence electrons. The summed E-state index contributed by atoms with van der Waals surface area (Å²) in [6.07, 6.45) is 7.15. The molecule has 6 nitrogen and oxygen atoms in total.